The summed E-state index contributed by atoms with van der Waals surface area (Å²) in [6.07, 6.45) is 0. The van der Waals surface area contributed by atoms with Crippen LogP contribution >= 0.6 is 0 Å². The van der Waals surface area contributed by atoms with Gasteiger partial charge in [0.1, 0.15) is 0 Å². The van der Waals surface area contributed by atoms with E-state index in [1.54, 1.807) is 18.2 Å². The van der Waals surface area contributed by atoms with Crippen LogP contribution in [0.2, 0.25) is 0 Å². The molecular weight excluding hydrogens is 192 g/mol. The highest BCUT2D eigenvalue weighted by Crippen LogP contribution is 2.20. The first-order valence-corrected chi connectivity index (χ1v) is 4.56. The standard InChI is InChI=1S/C11H10N2O2/c1-6-9-4-3-8(11(14)15)5-10(9)7(2)13-12-6/h3-5H,1-2H3,(H,14,15). The second-order valence-corrected chi connectivity index (χ2v) is 3.44. The van der Waals surface area contributed by atoms with Crippen LogP contribution < -0.4 is 0 Å². The minimum Gasteiger partial charge on any atom is -0.478 e. The quantitative estimate of drug-likeness (QED) is 0.767. The van der Waals surface area contributed by atoms with Gasteiger partial charge in [-0.2, -0.15) is 10.2 Å². The Morgan fingerprint density at radius 3 is 2.33 bits per heavy atom. The van der Waals surface area contributed by atoms with Gasteiger partial charge in [-0.3, -0.25) is 0 Å². The highest BCUT2D eigenvalue weighted by molar-refractivity contribution is 5.95. The normalized spacial score (nSPS) is 10.5. The fraction of sp³-hybridized carbons (Fsp3) is 0.182. The predicted octanol–water partition coefficient (Wildman–Crippen LogP) is 1.94. The van der Waals surface area contributed by atoms with Crippen LogP contribution in [0.4, 0.5) is 0 Å². The number of benzene rings is 1. The molecule has 76 valence electrons. The Morgan fingerprint density at radius 2 is 1.73 bits per heavy atom. The monoisotopic (exact) mass is 202 g/mol. The van der Waals surface area contributed by atoms with Crippen molar-refractivity contribution in [3.8, 4) is 0 Å². The summed E-state index contributed by atoms with van der Waals surface area (Å²) in [5, 5.41) is 18.6. The number of hydrogen-bond acceptors (Lipinski definition) is 3. The van der Waals surface area contributed by atoms with Gasteiger partial charge in [0.2, 0.25) is 0 Å². The molecule has 2 aromatic rings. The fourth-order valence-electron chi connectivity index (χ4n) is 1.55. The number of aryl methyl sites for hydroxylation is 2. The van der Waals surface area contributed by atoms with Crippen molar-refractivity contribution in [3.05, 3.63) is 35.2 Å². The molecule has 4 heteroatoms. The van der Waals surface area contributed by atoms with Crippen LogP contribution in [0.5, 0.6) is 0 Å². The van der Waals surface area contributed by atoms with Gasteiger partial charge in [0, 0.05) is 10.8 Å². The van der Waals surface area contributed by atoms with Crippen LogP contribution in [-0.2, 0) is 0 Å². The summed E-state index contributed by atoms with van der Waals surface area (Å²) < 4.78 is 0. The molecule has 1 N–H and O–H groups in total. The third-order valence-corrected chi connectivity index (χ3v) is 2.40. The van der Waals surface area contributed by atoms with E-state index in [0.29, 0.717) is 0 Å². The summed E-state index contributed by atoms with van der Waals surface area (Å²) in [7, 11) is 0. The first kappa shape index (κ1) is 9.58. The highest BCUT2D eigenvalue weighted by atomic mass is 16.4. The van der Waals surface area contributed by atoms with E-state index in [9.17, 15) is 4.79 Å². The number of aromatic nitrogens is 2. The molecule has 1 heterocycles. The van der Waals surface area contributed by atoms with Gasteiger partial charge in [0.25, 0.3) is 0 Å². The molecule has 0 atom stereocenters. The molecular formula is C11H10N2O2. The van der Waals surface area contributed by atoms with E-state index in [1.165, 1.54) is 0 Å². The molecule has 0 bridgehead atoms. The molecule has 0 aliphatic carbocycles. The Hall–Kier alpha value is -1.97. The number of fused-ring (bicyclic) bond motifs is 1. The molecule has 0 aliphatic rings. The Bertz CT molecular complexity index is 550. The second kappa shape index (κ2) is 3.31. The molecule has 2 rings (SSSR count). The van der Waals surface area contributed by atoms with Gasteiger partial charge < -0.3 is 5.11 Å². The van der Waals surface area contributed by atoms with E-state index in [4.69, 9.17) is 5.11 Å². The molecule has 1 aromatic heterocycles. The molecule has 0 amide bonds. The van der Waals surface area contributed by atoms with Gasteiger partial charge in [-0.1, -0.05) is 6.07 Å². The molecule has 0 saturated heterocycles. The van der Waals surface area contributed by atoms with E-state index in [-0.39, 0.29) is 5.56 Å². The summed E-state index contributed by atoms with van der Waals surface area (Å²) in [6, 6.07) is 4.99. The fourth-order valence-corrected chi connectivity index (χ4v) is 1.55. The maximum absolute atomic E-state index is 10.8. The summed E-state index contributed by atoms with van der Waals surface area (Å²) in [5.41, 5.74) is 1.84. The largest absolute Gasteiger partial charge is 0.478 e. The average Bonchev–Trinajstić information content (AvgIpc) is 2.23. The predicted molar refractivity (Wildman–Crippen MR) is 56.0 cm³/mol. The van der Waals surface area contributed by atoms with Gasteiger partial charge in [-0.25, -0.2) is 4.79 Å². The number of carboxylic acids is 1. The molecule has 0 unspecified atom stereocenters. The molecule has 0 fully saturated rings. The average molecular weight is 202 g/mol. The van der Waals surface area contributed by atoms with Crippen molar-refractivity contribution >= 4 is 16.7 Å². The van der Waals surface area contributed by atoms with Crippen molar-refractivity contribution in [2.24, 2.45) is 0 Å². The first-order valence-electron chi connectivity index (χ1n) is 4.56. The zero-order valence-corrected chi connectivity index (χ0v) is 8.48. The second-order valence-electron chi connectivity index (χ2n) is 3.44. The third kappa shape index (κ3) is 1.54. The van der Waals surface area contributed by atoms with Crippen LogP contribution in [-0.4, -0.2) is 21.3 Å². The number of carbonyl (C=O) groups is 1. The number of rotatable bonds is 1. The van der Waals surface area contributed by atoms with Crippen LogP contribution in [0.25, 0.3) is 10.8 Å². The van der Waals surface area contributed by atoms with Crippen LogP contribution in [0, 0.1) is 13.8 Å². The van der Waals surface area contributed by atoms with Gasteiger partial charge in [-0.05, 0) is 26.0 Å². The van der Waals surface area contributed by atoms with Crippen molar-refractivity contribution in [1.82, 2.24) is 10.2 Å². The molecule has 0 radical (unpaired) electrons. The van der Waals surface area contributed by atoms with Gasteiger partial charge >= 0.3 is 5.97 Å². The van der Waals surface area contributed by atoms with Gasteiger partial charge in [0.05, 0.1) is 17.0 Å². The molecule has 0 saturated carbocycles. The highest BCUT2D eigenvalue weighted by Gasteiger charge is 2.07. The van der Waals surface area contributed by atoms with Gasteiger partial charge in [-0.15, -0.1) is 0 Å². The van der Waals surface area contributed by atoms with Crippen molar-refractivity contribution in [2.45, 2.75) is 13.8 Å². The van der Waals surface area contributed by atoms with Crippen LogP contribution in [0.15, 0.2) is 18.2 Å². The maximum atomic E-state index is 10.8. The Balaban J connectivity index is 2.81. The number of aromatic carboxylic acids is 1. The molecule has 0 spiro atoms. The smallest absolute Gasteiger partial charge is 0.335 e. The van der Waals surface area contributed by atoms with E-state index in [0.717, 1.165) is 22.2 Å². The zero-order valence-electron chi connectivity index (χ0n) is 8.48. The SMILES string of the molecule is Cc1nnc(C)c2cc(C(=O)O)ccc12. The topological polar surface area (TPSA) is 63.1 Å². The Labute approximate surface area is 86.6 Å². The molecule has 1 aromatic carbocycles. The lowest BCUT2D eigenvalue weighted by molar-refractivity contribution is 0.0697. The summed E-state index contributed by atoms with van der Waals surface area (Å²) in [5.74, 6) is -0.925. The minimum absolute atomic E-state index is 0.276. The van der Waals surface area contributed by atoms with Gasteiger partial charge in [0.15, 0.2) is 0 Å². The number of hydrogen-bond donors (Lipinski definition) is 1. The number of nitrogens with zero attached hydrogens (tertiary/aromatic N) is 2. The Kier molecular flexibility index (Phi) is 2.11. The summed E-state index contributed by atoms with van der Waals surface area (Å²) in [4.78, 5) is 10.8. The van der Waals surface area contributed by atoms with Crippen molar-refractivity contribution < 1.29 is 9.90 Å². The Morgan fingerprint density at radius 1 is 1.13 bits per heavy atom. The third-order valence-electron chi connectivity index (χ3n) is 2.40. The van der Waals surface area contributed by atoms with Crippen molar-refractivity contribution in [1.29, 1.82) is 0 Å². The molecule has 15 heavy (non-hydrogen) atoms. The van der Waals surface area contributed by atoms with E-state index < -0.39 is 5.97 Å². The van der Waals surface area contributed by atoms with E-state index in [2.05, 4.69) is 10.2 Å². The zero-order chi connectivity index (χ0) is 11.0. The minimum atomic E-state index is -0.925. The lowest BCUT2D eigenvalue weighted by Gasteiger charge is -2.04. The summed E-state index contributed by atoms with van der Waals surface area (Å²) in [6.45, 7) is 3.68. The van der Waals surface area contributed by atoms with Crippen molar-refractivity contribution in [3.63, 3.8) is 0 Å². The lowest BCUT2D eigenvalue weighted by atomic mass is 10.1. The van der Waals surface area contributed by atoms with E-state index >= 15 is 0 Å². The maximum Gasteiger partial charge on any atom is 0.335 e. The summed E-state index contributed by atoms with van der Waals surface area (Å²) >= 11 is 0. The van der Waals surface area contributed by atoms with Crippen LogP contribution in [0.3, 0.4) is 0 Å². The lowest BCUT2D eigenvalue weighted by Crippen LogP contribution is -1.98. The van der Waals surface area contributed by atoms with Crippen molar-refractivity contribution in [2.75, 3.05) is 0 Å². The van der Waals surface area contributed by atoms with Crippen LogP contribution in [0.1, 0.15) is 21.7 Å². The molecule has 4 nitrogen and oxygen atoms in total. The van der Waals surface area contributed by atoms with E-state index in [1.807, 2.05) is 13.8 Å². The molecule has 0 aliphatic heterocycles. The number of carboxylic acid groups (broad SMARTS) is 1. The first-order chi connectivity index (χ1) is 7.09.